The van der Waals surface area contributed by atoms with Gasteiger partial charge >= 0.3 is 5.97 Å². The second-order valence-electron chi connectivity index (χ2n) is 7.54. The Hall–Kier alpha value is -4.19. The molecule has 0 atom stereocenters. The van der Waals surface area contributed by atoms with Crippen LogP contribution in [-0.4, -0.2) is 24.0 Å². The first-order chi connectivity index (χ1) is 16.1. The van der Waals surface area contributed by atoms with Crippen LogP contribution < -0.4 is 5.32 Å². The molecule has 0 spiro atoms. The van der Waals surface area contributed by atoms with Crippen LogP contribution in [0.3, 0.4) is 0 Å². The summed E-state index contributed by atoms with van der Waals surface area (Å²) in [6.45, 7) is 1.77. The molecule has 0 unspecified atom stereocenters. The van der Waals surface area contributed by atoms with E-state index in [2.05, 4.69) is 5.32 Å². The summed E-state index contributed by atoms with van der Waals surface area (Å²) in [6, 6.07) is 24.8. The van der Waals surface area contributed by atoms with Crippen molar-refractivity contribution in [1.29, 1.82) is 0 Å². The van der Waals surface area contributed by atoms with Gasteiger partial charge in [-0.2, -0.15) is 0 Å². The van der Waals surface area contributed by atoms with Crippen LogP contribution in [0.15, 0.2) is 83.3 Å². The highest BCUT2D eigenvalue weighted by molar-refractivity contribution is 5.96. The van der Waals surface area contributed by atoms with Gasteiger partial charge in [0.05, 0.1) is 12.7 Å². The number of methoxy groups -OCH3 is 1. The number of nitrogens with one attached hydrogen (secondary N) is 1. The molecule has 4 aromatic rings. The van der Waals surface area contributed by atoms with Crippen molar-refractivity contribution in [1.82, 2.24) is 4.98 Å². The lowest BCUT2D eigenvalue weighted by Gasteiger charge is -2.11. The number of carbonyl (C=O) groups excluding carboxylic acids is 2. The molecule has 6 nitrogen and oxygen atoms in total. The number of aromatic nitrogens is 1. The van der Waals surface area contributed by atoms with Crippen LogP contribution in [0.1, 0.15) is 28.2 Å². The fourth-order valence-electron chi connectivity index (χ4n) is 3.58. The standard InChI is InChI=1S/C27H24N2O4/c1-18-21(27(31)32-2)14-9-15-22(18)28-23(30)16-17-24-29-25(19-10-5-3-6-11-19)26(33-24)20-12-7-4-8-13-20/h3-15H,16-17H2,1-2H3,(H,28,30). The molecule has 0 aliphatic rings. The first-order valence-corrected chi connectivity index (χ1v) is 10.6. The number of esters is 1. The Balaban J connectivity index is 1.52. The third-order valence-electron chi connectivity index (χ3n) is 5.33. The predicted molar refractivity (Wildman–Crippen MR) is 127 cm³/mol. The largest absolute Gasteiger partial charge is 0.465 e. The molecule has 1 aromatic heterocycles. The van der Waals surface area contributed by atoms with Gasteiger partial charge < -0.3 is 14.5 Å². The Morgan fingerprint density at radius 1 is 0.909 bits per heavy atom. The van der Waals surface area contributed by atoms with Gasteiger partial charge in [-0.25, -0.2) is 9.78 Å². The summed E-state index contributed by atoms with van der Waals surface area (Å²) in [5, 5.41) is 2.87. The summed E-state index contributed by atoms with van der Waals surface area (Å²) in [7, 11) is 1.33. The van der Waals surface area contributed by atoms with E-state index in [-0.39, 0.29) is 12.3 Å². The number of oxazole rings is 1. The molecule has 1 heterocycles. The van der Waals surface area contributed by atoms with Gasteiger partial charge in [-0.3, -0.25) is 4.79 Å². The maximum absolute atomic E-state index is 12.6. The van der Waals surface area contributed by atoms with Crippen LogP contribution in [0.4, 0.5) is 5.69 Å². The minimum Gasteiger partial charge on any atom is -0.465 e. The number of hydrogen-bond donors (Lipinski definition) is 1. The van der Waals surface area contributed by atoms with E-state index < -0.39 is 5.97 Å². The van der Waals surface area contributed by atoms with Crippen molar-refractivity contribution in [3.8, 4) is 22.6 Å². The van der Waals surface area contributed by atoms with E-state index in [0.717, 1.165) is 16.8 Å². The fraction of sp³-hybridized carbons (Fsp3) is 0.148. The third-order valence-corrected chi connectivity index (χ3v) is 5.33. The van der Waals surface area contributed by atoms with Crippen molar-refractivity contribution in [3.63, 3.8) is 0 Å². The maximum Gasteiger partial charge on any atom is 0.338 e. The number of aryl methyl sites for hydroxylation is 1. The lowest BCUT2D eigenvalue weighted by molar-refractivity contribution is -0.116. The highest BCUT2D eigenvalue weighted by Gasteiger charge is 2.18. The van der Waals surface area contributed by atoms with Crippen LogP contribution in [-0.2, 0) is 16.0 Å². The van der Waals surface area contributed by atoms with Crippen molar-refractivity contribution in [2.24, 2.45) is 0 Å². The monoisotopic (exact) mass is 440 g/mol. The molecular formula is C27H24N2O4. The number of hydrogen-bond acceptors (Lipinski definition) is 5. The average Bonchev–Trinajstić information content (AvgIpc) is 3.29. The third kappa shape index (κ3) is 5.01. The van der Waals surface area contributed by atoms with Gasteiger partial charge in [0, 0.05) is 29.7 Å². The van der Waals surface area contributed by atoms with Crippen molar-refractivity contribution in [2.75, 3.05) is 12.4 Å². The lowest BCUT2D eigenvalue weighted by Crippen LogP contribution is -2.15. The molecule has 1 amide bonds. The Morgan fingerprint density at radius 2 is 1.58 bits per heavy atom. The smallest absolute Gasteiger partial charge is 0.338 e. The summed E-state index contributed by atoms with van der Waals surface area (Å²) >= 11 is 0. The van der Waals surface area contributed by atoms with Crippen LogP contribution in [0, 0.1) is 6.92 Å². The van der Waals surface area contributed by atoms with Gasteiger partial charge in [-0.05, 0) is 24.6 Å². The fourth-order valence-corrected chi connectivity index (χ4v) is 3.58. The first-order valence-electron chi connectivity index (χ1n) is 10.6. The molecule has 0 saturated heterocycles. The Bertz CT molecular complexity index is 1210. The predicted octanol–water partition coefficient (Wildman–Crippen LogP) is 5.67. The second-order valence-corrected chi connectivity index (χ2v) is 7.54. The molecule has 0 radical (unpaired) electrons. The van der Waals surface area contributed by atoms with Crippen molar-refractivity contribution < 1.29 is 18.7 Å². The molecular weight excluding hydrogens is 416 g/mol. The van der Waals surface area contributed by atoms with Crippen molar-refractivity contribution in [3.05, 3.63) is 95.9 Å². The number of carbonyl (C=O) groups is 2. The number of anilines is 1. The minimum atomic E-state index is -0.440. The highest BCUT2D eigenvalue weighted by atomic mass is 16.5. The van der Waals surface area contributed by atoms with Gasteiger partial charge in [0.1, 0.15) is 5.69 Å². The van der Waals surface area contributed by atoms with Gasteiger partial charge in [0.25, 0.3) is 0 Å². The minimum absolute atomic E-state index is 0.185. The molecule has 0 saturated carbocycles. The summed E-state index contributed by atoms with van der Waals surface area (Å²) in [5.74, 6) is 0.535. The van der Waals surface area contributed by atoms with Crippen LogP contribution in [0.25, 0.3) is 22.6 Å². The van der Waals surface area contributed by atoms with E-state index in [1.165, 1.54) is 7.11 Å². The topological polar surface area (TPSA) is 81.4 Å². The molecule has 6 heteroatoms. The van der Waals surface area contributed by atoms with Crippen LogP contribution >= 0.6 is 0 Å². The maximum atomic E-state index is 12.6. The zero-order valence-electron chi connectivity index (χ0n) is 18.5. The molecule has 0 fully saturated rings. The van der Waals surface area contributed by atoms with Crippen LogP contribution in [0.5, 0.6) is 0 Å². The van der Waals surface area contributed by atoms with E-state index in [0.29, 0.717) is 34.9 Å². The number of ether oxygens (including phenoxy) is 1. The number of rotatable bonds is 7. The molecule has 166 valence electrons. The molecule has 1 N–H and O–H groups in total. The zero-order valence-corrected chi connectivity index (χ0v) is 18.5. The molecule has 0 aliphatic heterocycles. The molecule has 0 aliphatic carbocycles. The highest BCUT2D eigenvalue weighted by Crippen LogP contribution is 2.33. The summed E-state index contributed by atoms with van der Waals surface area (Å²) < 4.78 is 10.9. The van der Waals surface area contributed by atoms with Crippen molar-refractivity contribution in [2.45, 2.75) is 19.8 Å². The van der Waals surface area contributed by atoms with Gasteiger partial charge in [0.15, 0.2) is 11.7 Å². The lowest BCUT2D eigenvalue weighted by atomic mass is 10.1. The first kappa shape index (κ1) is 22.0. The van der Waals surface area contributed by atoms with Gasteiger partial charge in [-0.15, -0.1) is 0 Å². The SMILES string of the molecule is COC(=O)c1cccc(NC(=O)CCc2nc(-c3ccccc3)c(-c3ccccc3)o2)c1C. The van der Waals surface area contributed by atoms with E-state index in [1.54, 1.807) is 25.1 Å². The molecule has 0 bridgehead atoms. The van der Waals surface area contributed by atoms with E-state index >= 15 is 0 Å². The Labute approximate surface area is 192 Å². The van der Waals surface area contributed by atoms with E-state index in [9.17, 15) is 9.59 Å². The van der Waals surface area contributed by atoms with Crippen molar-refractivity contribution >= 4 is 17.6 Å². The Kier molecular flexibility index (Phi) is 6.64. The Morgan fingerprint density at radius 3 is 2.24 bits per heavy atom. The molecule has 33 heavy (non-hydrogen) atoms. The average molecular weight is 440 g/mol. The molecule has 3 aromatic carbocycles. The second kappa shape index (κ2) is 9.96. The van der Waals surface area contributed by atoms with E-state index in [1.807, 2.05) is 60.7 Å². The summed E-state index contributed by atoms with van der Waals surface area (Å²) in [4.78, 5) is 29.2. The van der Waals surface area contributed by atoms with Crippen LogP contribution in [0.2, 0.25) is 0 Å². The van der Waals surface area contributed by atoms with Gasteiger partial charge in [-0.1, -0.05) is 66.7 Å². The quantitative estimate of drug-likeness (QED) is 0.374. The zero-order chi connectivity index (χ0) is 23.2. The summed E-state index contributed by atoms with van der Waals surface area (Å²) in [5.41, 5.74) is 4.28. The number of nitrogens with zero attached hydrogens (tertiary/aromatic N) is 1. The number of benzene rings is 3. The summed E-state index contributed by atoms with van der Waals surface area (Å²) in [6.07, 6.45) is 0.527. The number of amides is 1. The van der Waals surface area contributed by atoms with Gasteiger partial charge in [0.2, 0.25) is 5.91 Å². The van der Waals surface area contributed by atoms with E-state index in [4.69, 9.17) is 14.1 Å². The normalized spacial score (nSPS) is 10.6. The molecule has 4 rings (SSSR count).